The molecule has 0 saturated heterocycles. The standard InChI is InChI=1S/C12H14N2O2/c1-3-8(4-2)14-12(16)10-7-9(15)5-6-11(10)13/h1,5-8,15H,4,13H2,2H3,(H,14,16). The number of rotatable bonds is 3. The maximum Gasteiger partial charge on any atom is 0.254 e. The van der Waals surface area contributed by atoms with Gasteiger partial charge in [-0.2, -0.15) is 0 Å². The number of carbonyl (C=O) groups is 1. The molecule has 1 amide bonds. The average molecular weight is 218 g/mol. The van der Waals surface area contributed by atoms with Crippen molar-refractivity contribution < 1.29 is 9.90 Å². The van der Waals surface area contributed by atoms with E-state index in [2.05, 4.69) is 11.2 Å². The molecule has 1 aromatic rings. The average Bonchev–Trinajstić information content (AvgIpc) is 2.28. The van der Waals surface area contributed by atoms with Gasteiger partial charge in [0, 0.05) is 5.69 Å². The number of phenolic OH excluding ortho intramolecular Hbond substituents is 1. The summed E-state index contributed by atoms with van der Waals surface area (Å²) in [4.78, 5) is 11.7. The van der Waals surface area contributed by atoms with Crippen molar-refractivity contribution in [2.24, 2.45) is 0 Å². The zero-order chi connectivity index (χ0) is 12.1. The Balaban J connectivity index is 2.89. The van der Waals surface area contributed by atoms with E-state index in [1.807, 2.05) is 6.92 Å². The predicted molar refractivity (Wildman–Crippen MR) is 62.9 cm³/mol. The molecule has 1 atom stereocenters. The number of carbonyl (C=O) groups excluding carboxylic acids is 1. The van der Waals surface area contributed by atoms with E-state index in [9.17, 15) is 9.90 Å². The number of anilines is 1. The number of nitrogens with one attached hydrogen (secondary N) is 1. The van der Waals surface area contributed by atoms with Crippen molar-refractivity contribution in [1.82, 2.24) is 5.32 Å². The molecule has 4 N–H and O–H groups in total. The molecule has 4 heteroatoms. The van der Waals surface area contributed by atoms with Gasteiger partial charge in [0.2, 0.25) is 0 Å². The number of nitrogens with two attached hydrogens (primary N) is 1. The summed E-state index contributed by atoms with van der Waals surface area (Å²) in [5.74, 6) is 2.07. The Morgan fingerprint density at radius 3 is 2.94 bits per heavy atom. The lowest BCUT2D eigenvalue weighted by Crippen LogP contribution is -2.33. The van der Waals surface area contributed by atoms with Crippen LogP contribution in [0.5, 0.6) is 5.75 Å². The van der Waals surface area contributed by atoms with Gasteiger partial charge in [-0.05, 0) is 24.6 Å². The number of hydrogen-bond acceptors (Lipinski definition) is 3. The second kappa shape index (κ2) is 5.08. The van der Waals surface area contributed by atoms with E-state index in [4.69, 9.17) is 12.2 Å². The lowest BCUT2D eigenvalue weighted by molar-refractivity contribution is 0.0945. The molecule has 0 aliphatic rings. The molecule has 0 aliphatic carbocycles. The highest BCUT2D eigenvalue weighted by atomic mass is 16.3. The zero-order valence-electron chi connectivity index (χ0n) is 9.03. The molecule has 0 heterocycles. The molecular weight excluding hydrogens is 204 g/mol. The highest BCUT2D eigenvalue weighted by Crippen LogP contribution is 2.18. The van der Waals surface area contributed by atoms with Gasteiger partial charge in [-0.15, -0.1) is 6.42 Å². The minimum atomic E-state index is -0.377. The summed E-state index contributed by atoms with van der Waals surface area (Å²) in [6, 6.07) is 3.88. The van der Waals surface area contributed by atoms with Crippen molar-refractivity contribution in [2.45, 2.75) is 19.4 Å². The van der Waals surface area contributed by atoms with Gasteiger partial charge in [0.1, 0.15) is 5.75 Å². The second-order valence-corrected chi connectivity index (χ2v) is 3.37. The SMILES string of the molecule is C#CC(CC)NC(=O)c1cc(O)ccc1N. The second-order valence-electron chi connectivity index (χ2n) is 3.37. The zero-order valence-corrected chi connectivity index (χ0v) is 9.03. The number of amides is 1. The Morgan fingerprint density at radius 1 is 1.69 bits per heavy atom. The van der Waals surface area contributed by atoms with Crippen LogP contribution in [0.15, 0.2) is 18.2 Å². The topological polar surface area (TPSA) is 75.3 Å². The van der Waals surface area contributed by atoms with Crippen LogP contribution >= 0.6 is 0 Å². The van der Waals surface area contributed by atoms with Crippen LogP contribution in [-0.4, -0.2) is 17.1 Å². The van der Waals surface area contributed by atoms with Gasteiger partial charge in [0.05, 0.1) is 11.6 Å². The first-order valence-electron chi connectivity index (χ1n) is 4.94. The van der Waals surface area contributed by atoms with Gasteiger partial charge in [-0.25, -0.2) is 0 Å². The van der Waals surface area contributed by atoms with E-state index in [1.54, 1.807) is 0 Å². The molecule has 0 radical (unpaired) electrons. The van der Waals surface area contributed by atoms with Crippen LogP contribution < -0.4 is 11.1 Å². The number of nitrogen functional groups attached to an aromatic ring is 1. The fourth-order valence-corrected chi connectivity index (χ4v) is 1.24. The summed E-state index contributed by atoms with van der Waals surface area (Å²) >= 11 is 0. The summed E-state index contributed by atoms with van der Waals surface area (Å²) in [6.07, 6.45) is 5.87. The van der Waals surface area contributed by atoms with Crippen molar-refractivity contribution >= 4 is 11.6 Å². The number of terminal acetylenes is 1. The lowest BCUT2D eigenvalue weighted by atomic mass is 10.1. The molecule has 0 fully saturated rings. The fraction of sp³-hybridized carbons (Fsp3) is 0.250. The Hall–Kier alpha value is -2.15. The summed E-state index contributed by atoms with van der Waals surface area (Å²) in [7, 11) is 0. The number of phenols is 1. The number of aromatic hydroxyl groups is 1. The predicted octanol–water partition coefficient (Wildman–Crippen LogP) is 1.12. The molecule has 84 valence electrons. The van der Waals surface area contributed by atoms with E-state index in [1.165, 1.54) is 18.2 Å². The van der Waals surface area contributed by atoms with Gasteiger partial charge >= 0.3 is 0 Å². The van der Waals surface area contributed by atoms with Crippen LogP contribution in [-0.2, 0) is 0 Å². The molecule has 1 rings (SSSR count). The molecule has 0 aromatic heterocycles. The van der Waals surface area contributed by atoms with Crippen molar-refractivity contribution in [3.05, 3.63) is 23.8 Å². The van der Waals surface area contributed by atoms with E-state index in [0.717, 1.165) is 0 Å². The Labute approximate surface area is 94.5 Å². The summed E-state index contributed by atoms with van der Waals surface area (Å²) in [5.41, 5.74) is 6.16. The molecule has 0 saturated carbocycles. The molecule has 4 nitrogen and oxygen atoms in total. The van der Waals surface area contributed by atoms with E-state index < -0.39 is 0 Å². The summed E-state index contributed by atoms with van der Waals surface area (Å²) < 4.78 is 0. The van der Waals surface area contributed by atoms with Gasteiger partial charge in [-0.1, -0.05) is 12.8 Å². The minimum Gasteiger partial charge on any atom is -0.508 e. The van der Waals surface area contributed by atoms with Crippen LogP contribution in [0.2, 0.25) is 0 Å². The monoisotopic (exact) mass is 218 g/mol. The third kappa shape index (κ3) is 2.67. The maximum absolute atomic E-state index is 11.7. The highest BCUT2D eigenvalue weighted by Gasteiger charge is 2.13. The van der Waals surface area contributed by atoms with Crippen molar-refractivity contribution in [3.63, 3.8) is 0 Å². The molecule has 0 bridgehead atoms. The third-order valence-electron chi connectivity index (χ3n) is 2.20. The quantitative estimate of drug-likeness (QED) is 0.404. The molecule has 16 heavy (non-hydrogen) atoms. The molecular formula is C12H14N2O2. The molecule has 1 aromatic carbocycles. The van der Waals surface area contributed by atoms with Crippen LogP contribution in [0.25, 0.3) is 0 Å². The molecule has 0 spiro atoms. The third-order valence-corrected chi connectivity index (χ3v) is 2.20. The first-order valence-corrected chi connectivity index (χ1v) is 4.94. The van der Waals surface area contributed by atoms with Crippen LogP contribution in [0.4, 0.5) is 5.69 Å². The largest absolute Gasteiger partial charge is 0.508 e. The fourth-order valence-electron chi connectivity index (χ4n) is 1.24. The van der Waals surface area contributed by atoms with Gasteiger partial charge in [-0.3, -0.25) is 4.79 Å². The van der Waals surface area contributed by atoms with Crippen LogP contribution in [0.1, 0.15) is 23.7 Å². The van der Waals surface area contributed by atoms with Gasteiger partial charge in [0.25, 0.3) is 5.91 Å². The van der Waals surface area contributed by atoms with E-state index in [-0.39, 0.29) is 23.3 Å². The molecule has 0 aliphatic heterocycles. The van der Waals surface area contributed by atoms with Crippen molar-refractivity contribution in [3.8, 4) is 18.1 Å². The summed E-state index contributed by atoms with van der Waals surface area (Å²) in [5, 5.41) is 11.9. The van der Waals surface area contributed by atoms with E-state index in [0.29, 0.717) is 12.1 Å². The first kappa shape index (κ1) is 11.9. The Kier molecular flexibility index (Phi) is 3.78. The Bertz CT molecular complexity index is 435. The van der Waals surface area contributed by atoms with Gasteiger partial charge in [0.15, 0.2) is 0 Å². The maximum atomic E-state index is 11.7. The highest BCUT2D eigenvalue weighted by molar-refractivity contribution is 5.99. The van der Waals surface area contributed by atoms with Crippen LogP contribution in [0.3, 0.4) is 0 Å². The number of benzene rings is 1. The smallest absolute Gasteiger partial charge is 0.254 e. The lowest BCUT2D eigenvalue weighted by Gasteiger charge is -2.12. The van der Waals surface area contributed by atoms with E-state index >= 15 is 0 Å². The van der Waals surface area contributed by atoms with Gasteiger partial charge < -0.3 is 16.2 Å². The molecule has 1 unspecified atom stereocenters. The summed E-state index contributed by atoms with van der Waals surface area (Å²) in [6.45, 7) is 1.87. The number of hydrogen-bond donors (Lipinski definition) is 3. The van der Waals surface area contributed by atoms with Crippen molar-refractivity contribution in [1.29, 1.82) is 0 Å². The van der Waals surface area contributed by atoms with Crippen LogP contribution in [0, 0.1) is 12.3 Å². The van der Waals surface area contributed by atoms with Crippen molar-refractivity contribution in [2.75, 3.05) is 5.73 Å². The minimum absolute atomic E-state index is 0.00638. The normalized spacial score (nSPS) is 11.5. The Morgan fingerprint density at radius 2 is 2.38 bits per heavy atom. The first-order chi connectivity index (χ1) is 7.58.